The average molecular weight is 430 g/mol. The van der Waals surface area contributed by atoms with Gasteiger partial charge < -0.3 is 34.1 Å². The van der Waals surface area contributed by atoms with E-state index in [1.165, 1.54) is 15.4 Å². The monoisotopic (exact) mass is 429 g/mol. The third-order valence-corrected chi connectivity index (χ3v) is 5.80. The van der Waals surface area contributed by atoms with Crippen LogP contribution < -0.4 is 34.1 Å². The highest BCUT2D eigenvalue weighted by Gasteiger charge is 2.25. The Morgan fingerprint density at radius 3 is 2.35 bits per heavy atom. The van der Waals surface area contributed by atoms with Crippen LogP contribution in [0.15, 0.2) is 36.4 Å². The van der Waals surface area contributed by atoms with Crippen molar-refractivity contribution in [1.82, 2.24) is 0 Å². The van der Waals surface area contributed by atoms with Gasteiger partial charge in [0.15, 0.2) is 29.5 Å². The van der Waals surface area contributed by atoms with Gasteiger partial charge in [-0.2, -0.15) is 0 Å². The SMILES string of the molecule is COc1ccc(C[NH+]2CC[NH+](CC(=O)Nc3ccc4c(c3)OCCO4)CC2)cc1OC. The largest absolute Gasteiger partial charge is 0.493 e. The molecule has 0 aliphatic carbocycles. The van der Waals surface area contributed by atoms with Crippen LogP contribution in [0.2, 0.25) is 0 Å². The number of carbonyl (C=O) groups is 1. The Balaban J connectivity index is 1.24. The van der Waals surface area contributed by atoms with Crippen LogP contribution in [0.5, 0.6) is 23.0 Å². The molecule has 1 amide bonds. The van der Waals surface area contributed by atoms with Gasteiger partial charge in [-0.15, -0.1) is 0 Å². The van der Waals surface area contributed by atoms with Gasteiger partial charge >= 0.3 is 0 Å². The van der Waals surface area contributed by atoms with Crippen molar-refractivity contribution in [2.45, 2.75) is 6.54 Å². The van der Waals surface area contributed by atoms with Crippen molar-refractivity contribution < 1.29 is 33.5 Å². The number of fused-ring (bicyclic) bond motifs is 1. The van der Waals surface area contributed by atoms with Gasteiger partial charge in [0.25, 0.3) is 5.91 Å². The van der Waals surface area contributed by atoms with Crippen LogP contribution in [0.1, 0.15) is 5.56 Å². The molecule has 0 spiro atoms. The first kappa shape index (κ1) is 21.3. The maximum absolute atomic E-state index is 12.5. The number of piperazine rings is 1. The summed E-state index contributed by atoms with van der Waals surface area (Å²) in [6.07, 6.45) is 0. The molecule has 0 saturated carbocycles. The summed E-state index contributed by atoms with van der Waals surface area (Å²) in [6, 6.07) is 11.6. The first-order valence-corrected chi connectivity index (χ1v) is 10.7. The van der Waals surface area contributed by atoms with Crippen molar-refractivity contribution in [3.8, 4) is 23.0 Å². The van der Waals surface area contributed by atoms with Crippen LogP contribution in [0.3, 0.4) is 0 Å². The number of hydrogen-bond donors (Lipinski definition) is 3. The third-order valence-electron chi connectivity index (χ3n) is 5.80. The van der Waals surface area contributed by atoms with Gasteiger partial charge in [-0.3, -0.25) is 4.79 Å². The van der Waals surface area contributed by atoms with Gasteiger partial charge in [0.1, 0.15) is 45.9 Å². The van der Waals surface area contributed by atoms with Crippen LogP contribution in [-0.4, -0.2) is 66.1 Å². The maximum atomic E-state index is 12.5. The zero-order chi connectivity index (χ0) is 21.6. The first-order chi connectivity index (χ1) is 15.1. The molecule has 0 aromatic heterocycles. The molecule has 2 aromatic rings. The second-order valence-electron chi connectivity index (χ2n) is 7.95. The predicted molar refractivity (Wildman–Crippen MR) is 116 cm³/mol. The molecule has 0 radical (unpaired) electrons. The van der Waals surface area contributed by atoms with Crippen LogP contribution in [-0.2, 0) is 11.3 Å². The molecule has 2 aliphatic rings. The van der Waals surface area contributed by atoms with Crippen molar-refractivity contribution in [2.75, 3.05) is 65.5 Å². The van der Waals surface area contributed by atoms with Crippen LogP contribution in [0.25, 0.3) is 0 Å². The lowest BCUT2D eigenvalue weighted by atomic mass is 10.1. The minimum Gasteiger partial charge on any atom is -0.493 e. The number of nitrogens with one attached hydrogen (secondary N) is 3. The maximum Gasteiger partial charge on any atom is 0.279 e. The van der Waals surface area contributed by atoms with E-state index in [1.54, 1.807) is 14.2 Å². The second-order valence-corrected chi connectivity index (χ2v) is 7.95. The highest BCUT2D eigenvalue weighted by atomic mass is 16.6. The summed E-state index contributed by atoms with van der Waals surface area (Å²) in [6.45, 7) is 6.50. The van der Waals surface area contributed by atoms with Crippen LogP contribution >= 0.6 is 0 Å². The quantitative estimate of drug-likeness (QED) is 0.548. The van der Waals surface area contributed by atoms with E-state index >= 15 is 0 Å². The molecule has 1 saturated heterocycles. The molecular formula is C23H31N3O5+2. The van der Waals surface area contributed by atoms with E-state index in [4.69, 9.17) is 18.9 Å². The molecule has 2 heterocycles. The zero-order valence-electron chi connectivity index (χ0n) is 18.2. The fraction of sp³-hybridized carbons (Fsp3) is 0.435. The minimum atomic E-state index is 0.0232. The second kappa shape index (κ2) is 9.89. The van der Waals surface area contributed by atoms with E-state index in [0.29, 0.717) is 25.5 Å². The van der Waals surface area contributed by atoms with Gasteiger partial charge in [-0.05, 0) is 30.3 Å². The number of quaternary nitrogens is 2. The lowest BCUT2D eigenvalue weighted by molar-refractivity contribution is -1.02. The Bertz CT molecular complexity index is 912. The topological polar surface area (TPSA) is 74.9 Å². The number of carbonyl (C=O) groups excluding carboxylic acids is 1. The molecule has 166 valence electrons. The summed E-state index contributed by atoms with van der Waals surface area (Å²) in [7, 11) is 3.31. The van der Waals surface area contributed by atoms with Crippen molar-refractivity contribution in [2.24, 2.45) is 0 Å². The highest BCUT2D eigenvalue weighted by Crippen LogP contribution is 2.32. The van der Waals surface area contributed by atoms with E-state index in [0.717, 1.165) is 55.7 Å². The molecule has 2 aromatic carbocycles. The average Bonchev–Trinajstić information content (AvgIpc) is 2.80. The number of rotatable bonds is 7. The molecule has 0 atom stereocenters. The van der Waals surface area contributed by atoms with Gasteiger partial charge in [-0.1, -0.05) is 0 Å². The lowest BCUT2D eigenvalue weighted by Crippen LogP contribution is -3.28. The fourth-order valence-corrected chi connectivity index (χ4v) is 4.14. The lowest BCUT2D eigenvalue weighted by Gasteiger charge is -2.29. The van der Waals surface area contributed by atoms with Gasteiger partial charge in [0, 0.05) is 17.3 Å². The zero-order valence-corrected chi connectivity index (χ0v) is 18.2. The normalized spacial score (nSPS) is 20.1. The van der Waals surface area contributed by atoms with E-state index in [9.17, 15) is 4.79 Å². The Labute approximate surface area is 182 Å². The van der Waals surface area contributed by atoms with Gasteiger partial charge in [0.2, 0.25) is 0 Å². The van der Waals surface area contributed by atoms with Gasteiger partial charge in [-0.25, -0.2) is 0 Å². The van der Waals surface area contributed by atoms with E-state index in [1.807, 2.05) is 30.3 Å². The number of hydrogen-bond acceptors (Lipinski definition) is 5. The first-order valence-electron chi connectivity index (χ1n) is 10.7. The summed E-state index contributed by atoms with van der Waals surface area (Å²) < 4.78 is 21.8. The minimum absolute atomic E-state index is 0.0232. The summed E-state index contributed by atoms with van der Waals surface area (Å²) in [4.78, 5) is 15.3. The number of benzene rings is 2. The number of ether oxygens (including phenoxy) is 4. The summed E-state index contributed by atoms with van der Waals surface area (Å²) in [5, 5.41) is 2.99. The number of anilines is 1. The van der Waals surface area contributed by atoms with E-state index in [-0.39, 0.29) is 5.91 Å². The fourth-order valence-electron chi connectivity index (χ4n) is 4.14. The Hall–Kier alpha value is -2.97. The van der Waals surface area contributed by atoms with E-state index in [2.05, 4.69) is 11.4 Å². The van der Waals surface area contributed by atoms with Gasteiger partial charge in [0.05, 0.1) is 14.2 Å². The summed E-state index contributed by atoms with van der Waals surface area (Å²) in [5.41, 5.74) is 1.97. The van der Waals surface area contributed by atoms with Crippen molar-refractivity contribution in [1.29, 1.82) is 0 Å². The Morgan fingerprint density at radius 2 is 1.61 bits per heavy atom. The molecule has 3 N–H and O–H groups in total. The smallest absolute Gasteiger partial charge is 0.279 e. The Morgan fingerprint density at radius 1 is 0.903 bits per heavy atom. The Kier molecular flexibility index (Phi) is 6.79. The molecule has 2 aliphatic heterocycles. The predicted octanol–water partition coefficient (Wildman–Crippen LogP) is -0.603. The van der Waals surface area contributed by atoms with Crippen molar-refractivity contribution in [3.63, 3.8) is 0 Å². The molecule has 31 heavy (non-hydrogen) atoms. The third kappa shape index (κ3) is 5.39. The summed E-state index contributed by atoms with van der Waals surface area (Å²) in [5.74, 6) is 2.95. The standard InChI is InChI=1S/C23H29N3O5/c1-28-19-5-3-17(13-21(19)29-2)15-25-7-9-26(10-8-25)16-23(27)24-18-4-6-20-22(14-18)31-12-11-30-20/h3-6,13-14H,7-12,15-16H2,1-2H3,(H,24,27)/p+2. The molecule has 8 nitrogen and oxygen atoms in total. The molecule has 8 heteroatoms. The molecular weight excluding hydrogens is 398 g/mol. The van der Waals surface area contributed by atoms with Crippen LogP contribution in [0.4, 0.5) is 5.69 Å². The van der Waals surface area contributed by atoms with Crippen molar-refractivity contribution >= 4 is 11.6 Å². The van der Waals surface area contributed by atoms with Crippen LogP contribution in [0, 0.1) is 0 Å². The molecule has 4 rings (SSSR count). The van der Waals surface area contributed by atoms with Crippen molar-refractivity contribution in [3.05, 3.63) is 42.0 Å². The summed E-state index contributed by atoms with van der Waals surface area (Å²) >= 11 is 0. The number of methoxy groups -OCH3 is 2. The molecule has 1 fully saturated rings. The molecule has 0 unspecified atom stereocenters. The molecule has 0 bridgehead atoms. The van der Waals surface area contributed by atoms with E-state index < -0.39 is 0 Å². The number of amides is 1. The highest BCUT2D eigenvalue weighted by molar-refractivity contribution is 5.91.